The first-order valence-corrected chi connectivity index (χ1v) is 9.51. The second kappa shape index (κ2) is 8.31. The van der Waals surface area contributed by atoms with Crippen LogP contribution in [0.2, 0.25) is 0 Å². The molecule has 146 valence electrons. The van der Waals surface area contributed by atoms with Crippen molar-refractivity contribution < 1.29 is 13.9 Å². The summed E-state index contributed by atoms with van der Waals surface area (Å²) in [6.45, 7) is 4.86. The minimum Gasteiger partial charge on any atom is -0.492 e. The molecule has 0 fully saturated rings. The number of hydrogen-bond donors (Lipinski definition) is 2. The van der Waals surface area contributed by atoms with E-state index in [1.54, 1.807) is 0 Å². The molecule has 0 spiro atoms. The van der Waals surface area contributed by atoms with Gasteiger partial charge >= 0.3 is 0 Å². The van der Waals surface area contributed by atoms with Gasteiger partial charge in [0.25, 0.3) is 5.91 Å². The number of ether oxygens (including phenoxy) is 1. The van der Waals surface area contributed by atoms with Crippen LogP contribution in [-0.4, -0.2) is 28.8 Å². The van der Waals surface area contributed by atoms with E-state index in [0.29, 0.717) is 31.9 Å². The summed E-state index contributed by atoms with van der Waals surface area (Å²) in [4.78, 5) is 12.7. The normalized spacial score (nSPS) is 13.2. The molecule has 0 saturated heterocycles. The number of furan rings is 1. The highest BCUT2D eigenvalue weighted by Gasteiger charge is 2.24. The van der Waals surface area contributed by atoms with Crippen molar-refractivity contribution in [3.63, 3.8) is 0 Å². The highest BCUT2D eigenvalue weighted by molar-refractivity contribution is 5.94. The van der Waals surface area contributed by atoms with Gasteiger partial charge in [-0.15, -0.1) is 0 Å². The number of carbonyl (C=O) groups excluding carboxylic acids is 1. The van der Waals surface area contributed by atoms with E-state index in [1.165, 1.54) is 0 Å². The van der Waals surface area contributed by atoms with Gasteiger partial charge in [-0.05, 0) is 31.2 Å². The molecule has 0 saturated carbocycles. The first-order valence-electron chi connectivity index (χ1n) is 9.51. The van der Waals surface area contributed by atoms with E-state index in [-0.39, 0.29) is 5.91 Å². The fourth-order valence-electron chi connectivity index (χ4n) is 3.39. The molecule has 1 aliphatic rings. The maximum Gasteiger partial charge on any atom is 0.272 e. The first kappa shape index (κ1) is 18.3. The molecule has 7 nitrogen and oxygen atoms in total. The highest BCUT2D eigenvalue weighted by Crippen LogP contribution is 2.19. The Morgan fingerprint density at radius 2 is 2.14 bits per heavy atom. The second-order valence-electron chi connectivity index (χ2n) is 6.78. The number of nitrogens with zero attached hydrogens (tertiary/aromatic N) is 2. The van der Waals surface area contributed by atoms with Crippen molar-refractivity contribution >= 4 is 5.91 Å². The summed E-state index contributed by atoms with van der Waals surface area (Å²) in [5.74, 6) is 2.20. The van der Waals surface area contributed by atoms with Crippen molar-refractivity contribution in [2.45, 2.75) is 33.0 Å². The van der Waals surface area contributed by atoms with Gasteiger partial charge in [0.1, 0.15) is 23.9 Å². The van der Waals surface area contributed by atoms with Crippen molar-refractivity contribution in [2.24, 2.45) is 0 Å². The van der Waals surface area contributed by atoms with Gasteiger partial charge in [0.2, 0.25) is 0 Å². The largest absolute Gasteiger partial charge is 0.492 e. The SMILES string of the molecule is Cc1ccc(CNC(=O)c2nn(CCOc3ccccc3)c3c2CNCC3)o1. The third-order valence-electron chi connectivity index (χ3n) is 4.76. The molecule has 3 heterocycles. The van der Waals surface area contributed by atoms with Crippen LogP contribution in [0.5, 0.6) is 5.75 Å². The van der Waals surface area contributed by atoms with Gasteiger partial charge in [0, 0.05) is 30.8 Å². The van der Waals surface area contributed by atoms with Gasteiger partial charge in [-0.1, -0.05) is 18.2 Å². The summed E-state index contributed by atoms with van der Waals surface area (Å²) in [5.41, 5.74) is 2.55. The lowest BCUT2D eigenvalue weighted by atomic mass is 10.1. The Hall–Kier alpha value is -3.06. The Balaban J connectivity index is 1.44. The molecular weight excluding hydrogens is 356 g/mol. The minimum absolute atomic E-state index is 0.184. The molecule has 1 amide bonds. The van der Waals surface area contributed by atoms with Gasteiger partial charge in [0.15, 0.2) is 5.69 Å². The van der Waals surface area contributed by atoms with E-state index in [4.69, 9.17) is 9.15 Å². The van der Waals surface area contributed by atoms with E-state index in [0.717, 1.165) is 41.5 Å². The summed E-state index contributed by atoms with van der Waals surface area (Å²) < 4.78 is 13.2. The number of nitrogens with one attached hydrogen (secondary N) is 2. The number of fused-ring (bicyclic) bond motifs is 1. The van der Waals surface area contributed by atoms with Crippen LogP contribution in [0, 0.1) is 6.92 Å². The lowest BCUT2D eigenvalue weighted by Crippen LogP contribution is -2.28. The van der Waals surface area contributed by atoms with Crippen LogP contribution in [0.15, 0.2) is 46.9 Å². The number of carbonyl (C=O) groups is 1. The Bertz CT molecular complexity index is 946. The molecule has 3 aromatic rings. The van der Waals surface area contributed by atoms with Crippen molar-refractivity contribution in [3.8, 4) is 5.75 Å². The number of amides is 1. The number of rotatable bonds is 7. The lowest BCUT2D eigenvalue weighted by molar-refractivity contribution is 0.0940. The van der Waals surface area contributed by atoms with Crippen LogP contribution in [0.25, 0.3) is 0 Å². The van der Waals surface area contributed by atoms with E-state index < -0.39 is 0 Å². The van der Waals surface area contributed by atoms with Gasteiger partial charge in [-0.3, -0.25) is 9.48 Å². The van der Waals surface area contributed by atoms with E-state index in [2.05, 4.69) is 15.7 Å². The zero-order valence-electron chi connectivity index (χ0n) is 15.9. The minimum atomic E-state index is -0.184. The van der Waals surface area contributed by atoms with E-state index in [9.17, 15) is 4.79 Å². The van der Waals surface area contributed by atoms with Crippen molar-refractivity contribution in [1.29, 1.82) is 0 Å². The monoisotopic (exact) mass is 380 g/mol. The molecule has 2 aromatic heterocycles. The fraction of sp³-hybridized carbons (Fsp3) is 0.333. The summed E-state index contributed by atoms with van der Waals surface area (Å²) >= 11 is 0. The Kier molecular flexibility index (Phi) is 5.43. The van der Waals surface area contributed by atoms with Gasteiger partial charge in [0.05, 0.1) is 13.1 Å². The van der Waals surface area contributed by atoms with E-state index in [1.807, 2.05) is 54.1 Å². The zero-order chi connectivity index (χ0) is 19.3. The van der Waals surface area contributed by atoms with Gasteiger partial charge < -0.3 is 19.8 Å². The Morgan fingerprint density at radius 1 is 1.29 bits per heavy atom. The van der Waals surface area contributed by atoms with Crippen LogP contribution in [-0.2, 0) is 26.1 Å². The third-order valence-corrected chi connectivity index (χ3v) is 4.76. The molecule has 0 atom stereocenters. The Labute approximate surface area is 163 Å². The Morgan fingerprint density at radius 3 is 2.93 bits per heavy atom. The van der Waals surface area contributed by atoms with Gasteiger partial charge in [-0.2, -0.15) is 5.10 Å². The molecule has 0 radical (unpaired) electrons. The van der Waals surface area contributed by atoms with Gasteiger partial charge in [-0.25, -0.2) is 0 Å². The van der Waals surface area contributed by atoms with Crippen LogP contribution < -0.4 is 15.4 Å². The topological polar surface area (TPSA) is 81.3 Å². The molecule has 2 N–H and O–H groups in total. The average molecular weight is 380 g/mol. The molecule has 0 aliphatic carbocycles. The van der Waals surface area contributed by atoms with Crippen LogP contribution >= 0.6 is 0 Å². The predicted octanol–water partition coefficient (Wildman–Crippen LogP) is 2.44. The summed E-state index contributed by atoms with van der Waals surface area (Å²) in [6, 6.07) is 13.5. The quantitative estimate of drug-likeness (QED) is 0.658. The standard InChI is InChI=1S/C21H24N4O3/c1-15-7-8-17(28-15)13-23-21(26)20-18-14-22-10-9-19(18)25(24-20)11-12-27-16-5-3-2-4-6-16/h2-8,22H,9-14H2,1H3,(H,23,26). The fourth-order valence-corrected chi connectivity index (χ4v) is 3.39. The van der Waals surface area contributed by atoms with Crippen molar-refractivity contribution in [1.82, 2.24) is 20.4 Å². The lowest BCUT2D eigenvalue weighted by Gasteiger charge is -2.15. The maximum atomic E-state index is 12.7. The highest BCUT2D eigenvalue weighted by atomic mass is 16.5. The predicted molar refractivity (Wildman–Crippen MR) is 104 cm³/mol. The van der Waals surface area contributed by atoms with Crippen LogP contribution in [0.1, 0.15) is 33.3 Å². The molecule has 7 heteroatoms. The molecule has 1 aliphatic heterocycles. The molecule has 1 aromatic carbocycles. The van der Waals surface area contributed by atoms with Crippen LogP contribution in [0.3, 0.4) is 0 Å². The number of aryl methyl sites for hydroxylation is 1. The van der Waals surface area contributed by atoms with E-state index >= 15 is 0 Å². The molecule has 0 unspecified atom stereocenters. The van der Waals surface area contributed by atoms with Crippen molar-refractivity contribution in [3.05, 3.63) is 70.9 Å². The van der Waals surface area contributed by atoms with Crippen LogP contribution in [0.4, 0.5) is 0 Å². The maximum absolute atomic E-state index is 12.7. The first-order chi connectivity index (χ1) is 13.7. The van der Waals surface area contributed by atoms with Crippen molar-refractivity contribution in [2.75, 3.05) is 13.2 Å². The number of benzene rings is 1. The third kappa shape index (κ3) is 4.09. The number of hydrogen-bond acceptors (Lipinski definition) is 5. The smallest absolute Gasteiger partial charge is 0.272 e. The molecule has 28 heavy (non-hydrogen) atoms. The second-order valence-corrected chi connectivity index (χ2v) is 6.78. The molecule has 4 rings (SSSR count). The summed E-state index contributed by atoms with van der Waals surface area (Å²) in [6.07, 6.45) is 0.846. The number of aromatic nitrogens is 2. The molecule has 0 bridgehead atoms. The average Bonchev–Trinajstić information content (AvgIpc) is 3.31. The summed E-state index contributed by atoms with van der Waals surface area (Å²) in [7, 11) is 0. The zero-order valence-corrected chi connectivity index (χ0v) is 15.9. The molecular formula is C21H24N4O3. The summed E-state index contributed by atoms with van der Waals surface area (Å²) in [5, 5.41) is 10.8. The number of para-hydroxylation sites is 1.